The number of ether oxygens (including phenoxy) is 8. The lowest BCUT2D eigenvalue weighted by atomic mass is 10.0. The first kappa shape index (κ1) is 35.1. The van der Waals surface area contributed by atoms with Gasteiger partial charge in [0.2, 0.25) is 0 Å². The van der Waals surface area contributed by atoms with E-state index in [4.69, 9.17) is 37.9 Å². The van der Waals surface area contributed by atoms with E-state index in [9.17, 15) is 19.5 Å². The van der Waals surface area contributed by atoms with Crippen molar-refractivity contribution in [3.63, 3.8) is 0 Å². The Morgan fingerprint density at radius 1 is 0.545 bits per heavy atom. The monoisotopic (exact) mass is 612 g/mol. The van der Waals surface area contributed by atoms with Crippen LogP contribution in [-0.2, 0) is 33.3 Å². The zero-order valence-electron chi connectivity index (χ0n) is 24.3. The summed E-state index contributed by atoms with van der Waals surface area (Å²) in [5, 5.41) is 9.52. The second-order valence-corrected chi connectivity index (χ2v) is 8.39. The topological polar surface area (TPSA) is 145 Å². The minimum atomic E-state index is -1.12. The molecule has 0 bridgehead atoms. The maximum Gasteiger partial charge on any atom is 0.330 e. The van der Waals surface area contributed by atoms with Gasteiger partial charge >= 0.3 is 17.9 Å². The SMILES string of the molecule is C=CC(=O)OCCOc1cc(OCCOC(=O)C=C)cc(-c2cc(OCCOC(=O)C=C)cc(OCCOC(O)C=C)c2)c1. The molecule has 44 heavy (non-hydrogen) atoms. The Bertz CT molecular complexity index is 1240. The summed E-state index contributed by atoms with van der Waals surface area (Å²) >= 11 is 0. The van der Waals surface area contributed by atoms with Crippen molar-refractivity contribution in [2.24, 2.45) is 0 Å². The lowest BCUT2D eigenvalue weighted by Crippen LogP contribution is -2.14. The van der Waals surface area contributed by atoms with Crippen LogP contribution in [0.4, 0.5) is 0 Å². The van der Waals surface area contributed by atoms with Crippen molar-refractivity contribution in [1.29, 1.82) is 0 Å². The minimum Gasteiger partial charge on any atom is -0.491 e. The zero-order valence-corrected chi connectivity index (χ0v) is 24.3. The fourth-order valence-corrected chi connectivity index (χ4v) is 3.29. The van der Waals surface area contributed by atoms with Gasteiger partial charge in [0, 0.05) is 30.4 Å². The zero-order chi connectivity index (χ0) is 32.2. The van der Waals surface area contributed by atoms with Crippen LogP contribution in [0, 0.1) is 0 Å². The van der Waals surface area contributed by atoms with Crippen LogP contribution >= 0.6 is 0 Å². The van der Waals surface area contributed by atoms with E-state index in [1.54, 1.807) is 36.4 Å². The minimum absolute atomic E-state index is 0.00722. The van der Waals surface area contributed by atoms with Gasteiger partial charge in [-0.15, -0.1) is 0 Å². The average molecular weight is 613 g/mol. The van der Waals surface area contributed by atoms with E-state index in [1.165, 1.54) is 6.08 Å². The van der Waals surface area contributed by atoms with E-state index in [2.05, 4.69) is 26.3 Å². The molecule has 236 valence electrons. The molecule has 12 nitrogen and oxygen atoms in total. The van der Waals surface area contributed by atoms with Crippen molar-refractivity contribution in [3.05, 3.63) is 87.0 Å². The van der Waals surface area contributed by atoms with Gasteiger partial charge in [-0.25, -0.2) is 14.4 Å². The van der Waals surface area contributed by atoms with Crippen LogP contribution in [0.3, 0.4) is 0 Å². The van der Waals surface area contributed by atoms with Crippen molar-refractivity contribution >= 4 is 17.9 Å². The first-order chi connectivity index (χ1) is 21.3. The average Bonchev–Trinajstić information content (AvgIpc) is 3.04. The molecule has 2 aromatic carbocycles. The molecule has 0 aromatic heterocycles. The maximum absolute atomic E-state index is 11.3. The maximum atomic E-state index is 11.3. The highest BCUT2D eigenvalue weighted by Crippen LogP contribution is 2.35. The van der Waals surface area contributed by atoms with Crippen molar-refractivity contribution in [3.8, 4) is 34.1 Å². The van der Waals surface area contributed by atoms with Crippen LogP contribution in [0.15, 0.2) is 87.0 Å². The Labute approximate surface area is 255 Å². The van der Waals surface area contributed by atoms with E-state index < -0.39 is 24.2 Å². The number of aliphatic hydroxyl groups excluding tert-OH is 1. The number of esters is 3. The number of benzene rings is 2. The van der Waals surface area contributed by atoms with E-state index in [1.807, 2.05) is 0 Å². The van der Waals surface area contributed by atoms with Crippen molar-refractivity contribution in [2.45, 2.75) is 6.29 Å². The summed E-state index contributed by atoms with van der Waals surface area (Å²) in [5.41, 5.74) is 1.27. The van der Waals surface area contributed by atoms with Crippen molar-refractivity contribution in [1.82, 2.24) is 0 Å². The second kappa shape index (κ2) is 19.9. The van der Waals surface area contributed by atoms with Crippen LogP contribution in [0.25, 0.3) is 11.1 Å². The molecule has 12 heteroatoms. The molecular formula is C32H36O12. The first-order valence-corrected chi connectivity index (χ1v) is 13.4. The summed E-state index contributed by atoms with van der Waals surface area (Å²) in [5.74, 6) is -0.114. The second-order valence-electron chi connectivity index (χ2n) is 8.39. The van der Waals surface area contributed by atoms with Gasteiger partial charge in [0.25, 0.3) is 0 Å². The Kier molecular flexibility index (Phi) is 15.9. The summed E-state index contributed by atoms with van der Waals surface area (Å²) in [4.78, 5) is 34.0. The molecule has 1 N–H and O–H groups in total. The summed E-state index contributed by atoms with van der Waals surface area (Å²) in [6, 6.07) is 10.2. The van der Waals surface area contributed by atoms with Crippen LogP contribution in [-0.4, -0.2) is 82.2 Å². The molecule has 0 saturated carbocycles. The number of hydrogen-bond donors (Lipinski definition) is 1. The van der Waals surface area contributed by atoms with Crippen molar-refractivity contribution < 1.29 is 57.4 Å². The molecule has 0 heterocycles. The summed E-state index contributed by atoms with van der Waals surface area (Å²) in [6.45, 7) is 13.8. The number of aliphatic hydroxyl groups is 1. The molecule has 0 radical (unpaired) electrons. The normalized spacial score (nSPS) is 10.8. The smallest absolute Gasteiger partial charge is 0.330 e. The molecule has 2 rings (SSSR count). The third-order valence-corrected chi connectivity index (χ3v) is 5.22. The molecule has 1 atom stereocenters. The predicted octanol–water partition coefficient (Wildman–Crippen LogP) is 3.58. The van der Waals surface area contributed by atoms with Gasteiger partial charge in [-0.3, -0.25) is 0 Å². The van der Waals surface area contributed by atoms with Gasteiger partial charge in [-0.1, -0.05) is 26.3 Å². The van der Waals surface area contributed by atoms with Gasteiger partial charge in [0.1, 0.15) is 69.2 Å². The number of carbonyl (C=O) groups is 3. The molecule has 0 fully saturated rings. The van der Waals surface area contributed by atoms with E-state index >= 15 is 0 Å². The molecule has 0 amide bonds. The quantitative estimate of drug-likeness (QED) is 0.0518. The highest BCUT2D eigenvalue weighted by molar-refractivity contribution is 5.81. The van der Waals surface area contributed by atoms with Crippen LogP contribution in [0.2, 0.25) is 0 Å². The lowest BCUT2D eigenvalue weighted by molar-refractivity contribution is -0.139. The summed E-state index contributed by atoms with van der Waals surface area (Å²) in [6.07, 6.45) is 3.28. The van der Waals surface area contributed by atoms with Crippen LogP contribution < -0.4 is 18.9 Å². The van der Waals surface area contributed by atoms with E-state index in [0.717, 1.165) is 18.2 Å². The van der Waals surface area contributed by atoms with Gasteiger partial charge in [0.15, 0.2) is 6.29 Å². The Morgan fingerprint density at radius 2 is 0.864 bits per heavy atom. The molecule has 0 aliphatic heterocycles. The fourth-order valence-electron chi connectivity index (χ4n) is 3.29. The largest absolute Gasteiger partial charge is 0.491 e. The number of hydrogen-bond acceptors (Lipinski definition) is 12. The number of rotatable bonds is 22. The molecular weight excluding hydrogens is 576 g/mol. The van der Waals surface area contributed by atoms with Gasteiger partial charge in [-0.05, 0) is 41.5 Å². The lowest BCUT2D eigenvalue weighted by Gasteiger charge is -2.16. The van der Waals surface area contributed by atoms with Gasteiger partial charge in [0.05, 0.1) is 6.61 Å². The highest BCUT2D eigenvalue weighted by atomic mass is 16.6. The van der Waals surface area contributed by atoms with E-state index in [0.29, 0.717) is 34.1 Å². The van der Waals surface area contributed by atoms with Gasteiger partial charge in [-0.2, -0.15) is 0 Å². The standard InChI is InChI=1S/C32H36O12/c1-5-29(33)41-13-9-37-25-17-23(18-26(21-25)38-10-14-42-30(34)6-2)24-19-27(39-11-15-43-31(35)7-3)22-28(20-24)40-12-16-44-32(36)8-4/h5-8,17-22,29,33H,1-4,9-16H2. The summed E-state index contributed by atoms with van der Waals surface area (Å²) < 4.78 is 43.3. The Balaban J connectivity index is 2.32. The van der Waals surface area contributed by atoms with Crippen molar-refractivity contribution in [2.75, 3.05) is 52.9 Å². The van der Waals surface area contributed by atoms with E-state index in [-0.39, 0.29) is 52.9 Å². The molecule has 1 unspecified atom stereocenters. The van der Waals surface area contributed by atoms with Gasteiger partial charge < -0.3 is 43.0 Å². The molecule has 0 aliphatic rings. The summed E-state index contributed by atoms with van der Waals surface area (Å²) in [7, 11) is 0. The first-order valence-electron chi connectivity index (χ1n) is 13.4. The molecule has 0 saturated heterocycles. The third kappa shape index (κ3) is 13.7. The Hall–Kier alpha value is -5.07. The molecule has 0 spiro atoms. The molecule has 0 aliphatic carbocycles. The molecule has 2 aromatic rings. The third-order valence-electron chi connectivity index (χ3n) is 5.22. The number of carbonyl (C=O) groups excluding carboxylic acids is 3. The predicted molar refractivity (Wildman–Crippen MR) is 159 cm³/mol. The Morgan fingerprint density at radius 3 is 1.16 bits per heavy atom. The highest BCUT2D eigenvalue weighted by Gasteiger charge is 2.11. The fraction of sp³-hybridized carbons (Fsp3) is 0.281. The van der Waals surface area contributed by atoms with Crippen LogP contribution in [0.5, 0.6) is 23.0 Å². The van der Waals surface area contributed by atoms with Crippen LogP contribution in [0.1, 0.15) is 0 Å².